The van der Waals surface area contributed by atoms with E-state index in [9.17, 15) is 4.79 Å². The second-order valence-corrected chi connectivity index (χ2v) is 6.42. The number of rotatable bonds is 4. The second-order valence-electron chi connectivity index (χ2n) is 6.42. The summed E-state index contributed by atoms with van der Waals surface area (Å²) >= 11 is 0. The fourth-order valence-corrected chi connectivity index (χ4v) is 2.89. The molecule has 25 heavy (non-hydrogen) atoms. The summed E-state index contributed by atoms with van der Waals surface area (Å²) in [4.78, 5) is 26.0. The number of nitrogens with zero attached hydrogens (tertiary/aromatic N) is 3. The summed E-state index contributed by atoms with van der Waals surface area (Å²) in [6, 6.07) is 5.90. The normalized spacial score (nSPS) is 14.4. The van der Waals surface area contributed by atoms with E-state index in [1.807, 2.05) is 36.9 Å². The molecule has 0 radical (unpaired) electrons. The Morgan fingerprint density at radius 3 is 2.72 bits per heavy atom. The van der Waals surface area contributed by atoms with Gasteiger partial charge in [-0.1, -0.05) is 18.2 Å². The fraction of sp³-hybridized carbons (Fsp3) is 0.316. The predicted molar refractivity (Wildman–Crippen MR) is 104 cm³/mol. The lowest BCUT2D eigenvalue weighted by molar-refractivity contribution is 0.892. The van der Waals surface area contributed by atoms with Crippen LogP contribution in [0.5, 0.6) is 0 Å². The van der Waals surface area contributed by atoms with Gasteiger partial charge < -0.3 is 10.6 Å². The maximum Gasteiger partial charge on any atom is 0.263 e. The van der Waals surface area contributed by atoms with Crippen molar-refractivity contribution in [2.75, 3.05) is 23.7 Å². The molecule has 0 aliphatic carbocycles. The Hall–Kier alpha value is -2.89. The number of aromatic nitrogens is 2. The Kier molecular flexibility index (Phi) is 4.70. The third kappa shape index (κ3) is 3.63. The minimum absolute atomic E-state index is 0.200. The largest absolute Gasteiger partial charge is 0.383 e. The standard InChI is InChI=1S/C19H23N5O/c1-12(2)14-6-7-16(13(3)10-14)21-11-15-17(20)22-19(23-18(15)25)24-8-4-5-9-24/h6-7,10-11H,1,4-5,8-9H2,2-3H3,(H3,20,22,23,25). The van der Waals surface area contributed by atoms with Gasteiger partial charge in [0.1, 0.15) is 11.4 Å². The Morgan fingerprint density at radius 2 is 2.12 bits per heavy atom. The second kappa shape index (κ2) is 6.93. The number of hydrogen-bond acceptors (Lipinski definition) is 5. The Balaban J connectivity index is 1.89. The zero-order valence-electron chi connectivity index (χ0n) is 14.7. The van der Waals surface area contributed by atoms with Gasteiger partial charge in [-0.05, 0) is 49.9 Å². The first kappa shape index (κ1) is 17.0. The molecule has 2 aromatic rings. The molecule has 3 rings (SSSR count). The van der Waals surface area contributed by atoms with E-state index in [4.69, 9.17) is 5.73 Å². The number of anilines is 2. The highest BCUT2D eigenvalue weighted by Crippen LogP contribution is 2.23. The van der Waals surface area contributed by atoms with Crippen molar-refractivity contribution in [3.8, 4) is 0 Å². The molecule has 1 aromatic carbocycles. The number of H-pyrrole nitrogens is 1. The van der Waals surface area contributed by atoms with E-state index in [0.717, 1.165) is 48.3 Å². The van der Waals surface area contributed by atoms with Crippen LogP contribution in [0.4, 0.5) is 17.5 Å². The van der Waals surface area contributed by atoms with Crippen LogP contribution in [0.25, 0.3) is 5.57 Å². The third-order valence-corrected chi connectivity index (χ3v) is 4.40. The lowest BCUT2D eigenvalue weighted by Gasteiger charge is -2.16. The number of nitrogens with two attached hydrogens (primary N) is 1. The predicted octanol–water partition coefficient (Wildman–Crippen LogP) is 3.04. The highest BCUT2D eigenvalue weighted by molar-refractivity contribution is 5.87. The van der Waals surface area contributed by atoms with E-state index in [1.54, 1.807) is 0 Å². The van der Waals surface area contributed by atoms with Crippen LogP contribution >= 0.6 is 0 Å². The summed E-state index contributed by atoms with van der Waals surface area (Å²) in [5.74, 6) is 0.741. The maximum absolute atomic E-state index is 12.4. The molecule has 1 fully saturated rings. The minimum Gasteiger partial charge on any atom is -0.383 e. The van der Waals surface area contributed by atoms with Crippen molar-refractivity contribution in [1.82, 2.24) is 9.97 Å². The van der Waals surface area contributed by atoms with Crippen LogP contribution in [0.3, 0.4) is 0 Å². The lowest BCUT2D eigenvalue weighted by atomic mass is 10.1. The van der Waals surface area contributed by atoms with Crippen molar-refractivity contribution in [3.63, 3.8) is 0 Å². The van der Waals surface area contributed by atoms with Gasteiger partial charge in [0, 0.05) is 19.3 Å². The first-order valence-corrected chi connectivity index (χ1v) is 8.41. The minimum atomic E-state index is -0.269. The van der Waals surface area contributed by atoms with Gasteiger partial charge in [-0.15, -0.1) is 0 Å². The Labute approximate surface area is 147 Å². The van der Waals surface area contributed by atoms with E-state index in [-0.39, 0.29) is 16.9 Å². The van der Waals surface area contributed by atoms with Gasteiger partial charge in [-0.25, -0.2) is 0 Å². The molecule has 0 unspecified atom stereocenters. The van der Waals surface area contributed by atoms with Crippen molar-refractivity contribution in [1.29, 1.82) is 0 Å². The lowest BCUT2D eigenvalue weighted by Crippen LogP contribution is -2.26. The van der Waals surface area contributed by atoms with Crippen molar-refractivity contribution in [2.24, 2.45) is 4.99 Å². The molecule has 1 aliphatic rings. The molecular weight excluding hydrogens is 314 g/mol. The molecule has 0 spiro atoms. The number of aliphatic imine (C=N–C) groups is 1. The van der Waals surface area contributed by atoms with Gasteiger partial charge in [0.2, 0.25) is 5.95 Å². The van der Waals surface area contributed by atoms with Crippen molar-refractivity contribution >= 4 is 29.2 Å². The Bertz CT molecular complexity index is 891. The number of nitrogens with one attached hydrogen (secondary N) is 1. The molecule has 1 aliphatic heterocycles. The SMILES string of the molecule is C=C(C)c1ccc(N=Cc2c(N)nc(N3CCCC3)[nH]c2=O)c(C)c1. The summed E-state index contributed by atoms with van der Waals surface area (Å²) in [5.41, 5.74) is 9.88. The highest BCUT2D eigenvalue weighted by atomic mass is 16.1. The maximum atomic E-state index is 12.4. The first-order valence-electron chi connectivity index (χ1n) is 8.41. The summed E-state index contributed by atoms with van der Waals surface area (Å²) < 4.78 is 0. The molecule has 6 heteroatoms. The van der Waals surface area contributed by atoms with Crippen LogP contribution in [-0.4, -0.2) is 29.3 Å². The number of hydrogen-bond donors (Lipinski definition) is 2. The number of aromatic amines is 1. The van der Waals surface area contributed by atoms with E-state index >= 15 is 0 Å². The van der Waals surface area contributed by atoms with E-state index in [1.165, 1.54) is 6.21 Å². The highest BCUT2D eigenvalue weighted by Gasteiger charge is 2.16. The van der Waals surface area contributed by atoms with Gasteiger partial charge in [0.05, 0.1) is 5.69 Å². The summed E-state index contributed by atoms with van der Waals surface area (Å²) in [6.45, 7) is 9.66. The van der Waals surface area contributed by atoms with Crippen LogP contribution < -0.4 is 16.2 Å². The van der Waals surface area contributed by atoms with Crippen LogP contribution in [0.2, 0.25) is 0 Å². The topological polar surface area (TPSA) is 87.4 Å². The van der Waals surface area contributed by atoms with Crippen LogP contribution in [0.15, 0.2) is 34.6 Å². The first-order chi connectivity index (χ1) is 12.0. The number of nitrogen functional groups attached to an aromatic ring is 1. The van der Waals surface area contributed by atoms with Gasteiger partial charge in [0.25, 0.3) is 5.56 Å². The molecule has 0 bridgehead atoms. The zero-order valence-corrected chi connectivity index (χ0v) is 14.7. The molecule has 1 aromatic heterocycles. The molecule has 3 N–H and O–H groups in total. The van der Waals surface area contributed by atoms with E-state index in [0.29, 0.717) is 5.95 Å². The molecular formula is C19H23N5O. The molecule has 6 nitrogen and oxygen atoms in total. The number of aryl methyl sites for hydroxylation is 1. The number of allylic oxidation sites excluding steroid dienone is 1. The molecule has 0 amide bonds. The number of benzene rings is 1. The average Bonchev–Trinajstić information content (AvgIpc) is 3.09. The summed E-state index contributed by atoms with van der Waals surface area (Å²) in [7, 11) is 0. The van der Waals surface area contributed by atoms with Gasteiger partial charge in [0.15, 0.2) is 0 Å². The van der Waals surface area contributed by atoms with Crippen molar-refractivity contribution < 1.29 is 0 Å². The van der Waals surface area contributed by atoms with Crippen LogP contribution in [0.1, 0.15) is 36.5 Å². The smallest absolute Gasteiger partial charge is 0.263 e. The van der Waals surface area contributed by atoms with E-state index < -0.39 is 0 Å². The van der Waals surface area contributed by atoms with Crippen molar-refractivity contribution in [3.05, 3.63) is 51.8 Å². The van der Waals surface area contributed by atoms with Crippen LogP contribution in [0, 0.1) is 6.92 Å². The van der Waals surface area contributed by atoms with Gasteiger partial charge in [-0.3, -0.25) is 14.8 Å². The fourth-order valence-electron chi connectivity index (χ4n) is 2.89. The summed E-state index contributed by atoms with van der Waals surface area (Å²) in [6.07, 6.45) is 3.69. The molecule has 1 saturated heterocycles. The molecule has 0 saturated carbocycles. The Morgan fingerprint density at radius 1 is 1.40 bits per heavy atom. The third-order valence-electron chi connectivity index (χ3n) is 4.40. The van der Waals surface area contributed by atoms with Crippen molar-refractivity contribution in [2.45, 2.75) is 26.7 Å². The molecule has 130 valence electrons. The van der Waals surface area contributed by atoms with Gasteiger partial charge in [-0.2, -0.15) is 4.98 Å². The zero-order chi connectivity index (χ0) is 18.0. The monoisotopic (exact) mass is 337 g/mol. The van der Waals surface area contributed by atoms with Crippen LogP contribution in [-0.2, 0) is 0 Å². The van der Waals surface area contributed by atoms with Gasteiger partial charge >= 0.3 is 0 Å². The van der Waals surface area contributed by atoms with E-state index in [2.05, 4.69) is 21.5 Å². The molecule has 2 heterocycles. The summed E-state index contributed by atoms with van der Waals surface area (Å²) in [5, 5.41) is 0. The quantitative estimate of drug-likeness (QED) is 0.840. The average molecular weight is 337 g/mol. The molecule has 0 atom stereocenters.